The fourth-order valence-corrected chi connectivity index (χ4v) is 2.70. The molecule has 0 aliphatic heterocycles. The van der Waals surface area contributed by atoms with Gasteiger partial charge in [0.05, 0.1) is 18.8 Å². The fourth-order valence-electron chi connectivity index (χ4n) is 1.74. The molecule has 1 saturated carbocycles. The Morgan fingerprint density at radius 3 is 2.67 bits per heavy atom. The highest BCUT2D eigenvalue weighted by Crippen LogP contribution is 2.29. The zero-order chi connectivity index (χ0) is 10.8. The lowest BCUT2D eigenvalue weighted by Gasteiger charge is -2.18. The molecule has 1 aromatic rings. The van der Waals surface area contributed by atoms with Crippen LogP contribution in [0.2, 0.25) is 0 Å². The lowest BCUT2D eigenvalue weighted by Crippen LogP contribution is -2.28. The Morgan fingerprint density at radius 1 is 1.47 bits per heavy atom. The van der Waals surface area contributed by atoms with Crippen molar-refractivity contribution >= 4 is 11.3 Å². The lowest BCUT2D eigenvalue weighted by molar-refractivity contribution is 0.183. The maximum atomic E-state index is 8.99. The second kappa shape index (κ2) is 4.60. The predicted molar refractivity (Wildman–Crippen MR) is 62.1 cm³/mol. The molecule has 0 atom stereocenters. The second-order valence-electron chi connectivity index (χ2n) is 4.17. The van der Waals surface area contributed by atoms with Crippen molar-refractivity contribution in [2.45, 2.75) is 39.3 Å². The summed E-state index contributed by atoms with van der Waals surface area (Å²) in [6.45, 7) is 6.11. The number of aryl methyl sites for hydroxylation is 2. The van der Waals surface area contributed by atoms with E-state index < -0.39 is 0 Å². The minimum atomic E-state index is 0.250. The zero-order valence-corrected chi connectivity index (χ0v) is 10.2. The molecule has 1 aromatic heterocycles. The van der Waals surface area contributed by atoms with E-state index >= 15 is 0 Å². The topological polar surface area (TPSA) is 36.4 Å². The largest absolute Gasteiger partial charge is 0.395 e. The van der Waals surface area contributed by atoms with E-state index in [1.165, 1.54) is 22.7 Å². The van der Waals surface area contributed by atoms with Gasteiger partial charge in [0.25, 0.3) is 0 Å². The van der Waals surface area contributed by atoms with Crippen LogP contribution < -0.4 is 0 Å². The molecule has 0 unspecified atom stereocenters. The first-order valence-electron chi connectivity index (χ1n) is 5.48. The van der Waals surface area contributed by atoms with Gasteiger partial charge in [0.1, 0.15) is 5.01 Å². The number of hydrogen-bond acceptors (Lipinski definition) is 4. The van der Waals surface area contributed by atoms with E-state index in [4.69, 9.17) is 5.11 Å². The van der Waals surface area contributed by atoms with Crippen LogP contribution in [0, 0.1) is 13.8 Å². The molecule has 4 heteroatoms. The number of nitrogens with zero attached hydrogens (tertiary/aromatic N) is 2. The summed E-state index contributed by atoms with van der Waals surface area (Å²) in [5.41, 5.74) is 1.15. The summed E-state index contributed by atoms with van der Waals surface area (Å²) in [5.74, 6) is 0. The Morgan fingerprint density at radius 2 is 2.20 bits per heavy atom. The molecule has 1 fully saturated rings. The minimum absolute atomic E-state index is 0.250. The van der Waals surface area contributed by atoms with Gasteiger partial charge >= 0.3 is 0 Å². The Hall–Kier alpha value is -0.450. The van der Waals surface area contributed by atoms with Crippen molar-refractivity contribution in [1.29, 1.82) is 0 Å². The van der Waals surface area contributed by atoms with Crippen LogP contribution in [0.1, 0.15) is 28.4 Å². The van der Waals surface area contributed by atoms with Gasteiger partial charge in [-0.1, -0.05) is 0 Å². The summed E-state index contributed by atoms with van der Waals surface area (Å²) in [6.07, 6.45) is 2.56. The van der Waals surface area contributed by atoms with Gasteiger partial charge in [0.2, 0.25) is 0 Å². The smallest absolute Gasteiger partial charge is 0.107 e. The summed E-state index contributed by atoms with van der Waals surface area (Å²) in [6, 6.07) is 0.696. The molecule has 1 N–H and O–H groups in total. The van der Waals surface area contributed by atoms with Gasteiger partial charge in [-0.25, -0.2) is 4.98 Å². The van der Waals surface area contributed by atoms with Gasteiger partial charge in [-0.3, -0.25) is 4.90 Å². The normalized spacial score (nSPS) is 16.3. The van der Waals surface area contributed by atoms with E-state index in [9.17, 15) is 0 Å². The predicted octanol–water partition coefficient (Wildman–Crippen LogP) is 1.72. The van der Waals surface area contributed by atoms with E-state index in [1.54, 1.807) is 11.3 Å². The molecule has 1 aliphatic rings. The van der Waals surface area contributed by atoms with Crippen LogP contribution in [0.5, 0.6) is 0 Å². The highest BCUT2D eigenvalue weighted by molar-refractivity contribution is 7.11. The monoisotopic (exact) mass is 226 g/mol. The molecule has 84 valence electrons. The van der Waals surface area contributed by atoms with Crippen LogP contribution in [0.15, 0.2) is 0 Å². The van der Waals surface area contributed by atoms with Crippen LogP contribution in [0.4, 0.5) is 0 Å². The molecule has 0 radical (unpaired) electrons. The van der Waals surface area contributed by atoms with Crippen LogP contribution in [-0.4, -0.2) is 34.2 Å². The van der Waals surface area contributed by atoms with E-state index in [2.05, 4.69) is 23.7 Å². The molecule has 15 heavy (non-hydrogen) atoms. The first-order chi connectivity index (χ1) is 7.20. The van der Waals surface area contributed by atoms with Gasteiger partial charge < -0.3 is 5.11 Å². The van der Waals surface area contributed by atoms with E-state index in [0.29, 0.717) is 6.04 Å². The van der Waals surface area contributed by atoms with Crippen molar-refractivity contribution in [3.63, 3.8) is 0 Å². The number of hydrogen-bond donors (Lipinski definition) is 1. The van der Waals surface area contributed by atoms with Gasteiger partial charge in [0, 0.05) is 17.5 Å². The Bertz CT molecular complexity index is 314. The Kier molecular flexibility index (Phi) is 3.38. The number of rotatable bonds is 5. The zero-order valence-electron chi connectivity index (χ0n) is 9.36. The molecule has 3 nitrogen and oxygen atoms in total. The van der Waals surface area contributed by atoms with E-state index in [-0.39, 0.29) is 6.61 Å². The third kappa shape index (κ3) is 2.77. The molecule has 0 aromatic carbocycles. The van der Waals surface area contributed by atoms with Crippen molar-refractivity contribution in [1.82, 2.24) is 9.88 Å². The SMILES string of the molecule is Cc1nc(CN(CCO)C2CC2)sc1C. The van der Waals surface area contributed by atoms with Crippen LogP contribution in [-0.2, 0) is 6.54 Å². The Labute approximate surface area is 94.8 Å². The number of aliphatic hydroxyl groups is 1. The van der Waals surface area contributed by atoms with Crippen molar-refractivity contribution in [3.05, 3.63) is 15.6 Å². The average molecular weight is 226 g/mol. The second-order valence-corrected chi connectivity index (χ2v) is 5.46. The van der Waals surface area contributed by atoms with Crippen molar-refractivity contribution in [3.8, 4) is 0 Å². The van der Waals surface area contributed by atoms with Crippen molar-refractivity contribution < 1.29 is 5.11 Å². The summed E-state index contributed by atoms with van der Waals surface area (Å²) in [5, 5.41) is 10.2. The number of thiazole rings is 1. The third-order valence-corrected chi connectivity index (χ3v) is 3.92. The van der Waals surface area contributed by atoms with Crippen LogP contribution in [0.25, 0.3) is 0 Å². The van der Waals surface area contributed by atoms with Gasteiger partial charge in [-0.05, 0) is 26.7 Å². The molecular formula is C11H18N2OS. The van der Waals surface area contributed by atoms with Gasteiger partial charge in [-0.15, -0.1) is 11.3 Å². The average Bonchev–Trinajstić information content (AvgIpc) is 2.95. The van der Waals surface area contributed by atoms with Crippen LogP contribution >= 0.6 is 11.3 Å². The number of aromatic nitrogens is 1. The maximum Gasteiger partial charge on any atom is 0.107 e. The Balaban J connectivity index is 1.98. The number of aliphatic hydroxyl groups excluding tert-OH is 1. The molecule has 0 amide bonds. The van der Waals surface area contributed by atoms with Crippen molar-refractivity contribution in [2.24, 2.45) is 0 Å². The summed E-state index contributed by atoms with van der Waals surface area (Å²) in [4.78, 5) is 8.19. The quantitative estimate of drug-likeness (QED) is 0.830. The minimum Gasteiger partial charge on any atom is -0.395 e. The van der Waals surface area contributed by atoms with Gasteiger partial charge in [-0.2, -0.15) is 0 Å². The summed E-state index contributed by atoms with van der Waals surface area (Å²) < 4.78 is 0. The standard InChI is InChI=1S/C11H18N2OS/c1-8-9(2)15-11(12-8)7-13(5-6-14)10-3-4-10/h10,14H,3-7H2,1-2H3. The van der Waals surface area contributed by atoms with Gasteiger partial charge in [0.15, 0.2) is 0 Å². The molecule has 1 heterocycles. The first-order valence-corrected chi connectivity index (χ1v) is 6.30. The first kappa shape index (κ1) is 11.0. The van der Waals surface area contributed by atoms with E-state index in [1.807, 2.05) is 0 Å². The molecular weight excluding hydrogens is 208 g/mol. The molecule has 0 spiro atoms. The summed E-state index contributed by atoms with van der Waals surface area (Å²) >= 11 is 1.78. The summed E-state index contributed by atoms with van der Waals surface area (Å²) in [7, 11) is 0. The molecule has 1 aliphatic carbocycles. The highest BCUT2D eigenvalue weighted by Gasteiger charge is 2.29. The lowest BCUT2D eigenvalue weighted by atomic mass is 10.4. The molecule has 0 saturated heterocycles. The maximum absolute atomic E-state index is 8.99. The van der Waals surface area contributed by atoms with E-state index in [0.717, 1.165) is 18.8 Å². The van der Waals surface area contributed by atoms with Crippen molar-refractivity contribution in [2.75, 3.05) is 13.2 Å². The fraction of sp³-hybridized carbons (Fsp3) is 0.727. The highest BCUT2D eigenvalue weighted by atomic mass is 32.1. The van der Waals surface area contributed by atoms with Crippen LogP contribution in [0.3, 0.4) is 0 Å². The third-order valence-electron chi connectivity index (χ3n) is 2.86. The molecule has 0 bridgehead atoms. The molecule has 2 rings (SSSR count).